The van der Waals surface area contributed by atoms with Gasteiger partial charge in [0.2, 0.25) is 0 Å². The van der Waals surface area contributed by atoms with Gasteiger partial charge in [0.15, 0.2) is 0 Å². The van der Waals surface area contributed by atoms with Gasteiger partial charge >= 0.3 is 12.1 Å². The summed E-state index contributed by atoms with van der Waals surface area (Å²) in [6.45, 7) is 0. The maximum absolute atomic E-state index is 11.7. The van der Waals surface area contributed by atoms with Crippen LogP contribution >= 0.6 is 0 Å². The van der Waals surface area contributed by atoms with E-state index in [2.05, 4.69) is 10.5 Å². The number of para-hydroxylation sites is 1. The third-order valence-electron chi connectivity index (χ3n) is 2.57. The Kier molecular flexibility index (Phi) is 7.14. The van der Waals surface area contributed by atoms with E-state index in [0.717, 1.165) is 5.56 Å². The second kappa shape index (κ2) is 9.06. The zero-order valence-electron chi connectivity index (χ0n) is 12.6. The van der Waals surface area contributed by atoms with Crippen molar-refractivity contribution in [3.8, 4) is 5.75 Å². The molecule has 0 unspecified atom stereocenters. The Balaban J connectivity index is 0.000000381. The summed E-state index contributed by atoms with van der Waals surface area (Å²) in [6, 6.07) is 15.7. The number of aliphatic carboxylic acids is 1. The first-order valence-electron chi connectivity index (χ1n) is 6.68. The highest BCUT2D eigenvalue weighted by molar-refractivity contribution is 5.97. The Hall–Kier alpha value is -3.36. The number of carbonyl (C=O) groups is 2. The molecule has 0 spiro atoms. The number of nitrogens with one attached hydrogen (secondary N) is 1. The first kappa shape index (κ1) is 19.7. The zero-order chi connectivity index (χ0) is 18.9. The third kappa shape index (κ3) is 7.16. The summed E-state index contributed by atoms with van der Waals surface area (Å²) in [6.07, 6.45) is -3.54. The van der Waals surface area contributed by atoms with Gasteiger partial charge in [-0.3, -0.25) is 4.79 Å². The number of hydrogen-bond donors (Lipinski definition) is 3. The van der Waals surface area contributed by atoms with Crippen molar-refractivity contribution in [3.63, 3.8) is 0 Å². The SMILES string of the molecule is O=C(N/N=C/c1ccccc1)c1ccccc1O.O=C(O)C(F)(F)F. The highest BCUT2D eigenvalue weighted by Crippen LogP contribution is 2.15. The molecule has 0 aromatic heterocycles. The van der Waals surface area contributed by atoms with Crippen molar-refractivity contribution in [3.05, 3.63) is 65.7 Å². The van der Waals surface area contributed by atoms with Crippen LogP contribution in [-0.2, 0) is 4.79 Å². The van der Waals surface area contributed by atoms with E-state index in [9.17, 15) is 23.1 Å². The Morgan fingerprint density at radius 2 is 1.52 bits per heavy atom. The van der Waals surface area contributed by atoms with Gasteiger partial charge in [0.1, 0.15) is 5.75 Å². The molecule has 6 nitrogen and oxygen atoms in total. The van der Waals surface area contributed by atoms with Gasteiger partial charge in [-0.2, -0.15) is 18.3 Å². The molecule has 1 amide bonds. The molecule has 0 aliphatic carbocycles. The smallest absolute Gasteiger partial charge is 0.490 e. The number of alkyl halides is 3. The van der Waals surface area contributed by atoms with Crippen molar-refractivity contribution in [2.24, 2.45) is 5.10 Å². The summed E-state index contributed by atoms with van der Waals surface area (Å²) < 4.78 is 31.7. The molecule has 3 N–H and O–H groups in total. The molecule has 25 heavy (non-hydrogen) atoms. The molecule has 2 aromatic rings. The van der Waals surface area contributed by atoms with E-state index in [1.165, 1.54) is 18.3 Å². The van der Waals surface area contributed by atoms with Crippen LogP contribution in [0, 0.1) is 0 Å². The standard InChI is InChI=1S/C14H12N2O2.C2HF3O2/c17-13-9-5-4-8-12(13)14(18)16-15-10-11-6-2-1-3-7-11;3-2(4,5)1(6)7/h1-10,17H,(H,16,18);(H,6,7)/b15-10+;. The Bertz CT molecular complexity index is 747. The lowest BCUT2D eigenvalue weighted by molar-refractivity contribution is -0.192. The number of halogens is 3. The zero-order valence-corrected chi connectivity index (χ0v) is 12.6. The van der Waals surface area contributed by atoms with Crippen LogP contribution in [0.5, 0.6) is 5.75 Å². The Labute approximate surface area is 140 Å². The Morgan fingerprint density at radius 3 is 2.04 bits per heavy atom. The van der Waals surface area contributed by atoms with Crippen molar-refractivity contribution in [2.75, 3.05) is 0 Å². The molecule has 2 rings (SSSR count). The first-order chi connectivity index (χ1) is 11.7. The average Bonchev–Trinajstić information content (AvgIpc) is 2.56. The molecule has 0 atom stereocenters. The van der Waals surface area contributed by atoms with Crippen molar-refractivity contribution in [1.29, 1.82) is 0 Å². The molecule has 132 valence electrons. The normalized spacial score (nSPS) is 10.7. The summed E-state index contributed by atoms with van der Waals surface area (Å²) in [4.78, 5) is 20.6. The van der Waals surface area contributed by atoms with Crippen molar-refractivity contribution < 1.29 is 33.0 Å². The third-order valence-corrected chi connectivity index (χ3v) is 2.57. The van der Waals surface area contributed by atoms with Crippen LogP contribution in [0.1, 0.15) is 15.9 Å². The van der Waals surface area contributed by atoms with Gasteiger partial charge in [-0.15, -0.1) is 0 Å². The number of phenolic OH excluding ortho intramolecular Hbond substituents is 1. The van der Waals surface area contributed by atoms with E-state index in [4.69, 9.17) is 9.90 Å². The number of phenols is 1. The van der Waals surface area contributed by atoms with Gasteiger partial charge in [-0.05, 0) is 17.7 Å². The molecule has 0 saturated carbocycles. The van der Waals surface area contributed by atoms with Crippen LogP contribution in [0.3, 0.4) is 0 Å². The minimum absolute atomic E-state index is 0.0649. The van der Waals surface area contributed by atoms with Crippen LogP contribution in [0.4, 0.5) is 13.2 Å². The van der Waals surface area contributed by atoms with Crippen LogP contribution in [-0.4, -0.2) is 34.5 Å². The first-order valence-corrected chi connectivity index (χ1v) is 6.68. The second-order valence-electron chi connectivity index (χ2n) is 4.43. The van der Waals surface area contributed by atoms with Gasteiger partial charge in [-0.25, -0.2) is 10.2 Å². The lowest BCUT2D eigenvalue weighted by Gasteiger charge is -2.01. The molecule has 2 aromatic carbocycles. The number of amides is 1. The predicted molar refractivity (Wildman–Crippen MR) is 83.3 cm³/mol. The van der Waals surface area contributed by atoms with E-state index in [1.807, 2.05) is 30.3 Å². The number of hydrazone groups is 1. The maximum Gasteiger partial charge on any atom is 0.490 e. The fourth-order valence-electron chi connectivity index (χ4n) is 1.43. The largest absolute Gasteiger partial charge is 0.507 e. The number of rotatable bonds is 3. The molecule has 0 aliphatic heterocycles. The number of carboxylic acid groups (broad SMARTS) is 1. The van der Waals surface area contributed by atoms with E-state index in [-0.39, 0.29) is 11.3 Å². The summed E-state index contributed by atoms with van der Waals surface area (Å²) in [7, 11) is 0. The summed E-state index contributed by atoms with van der Waals surface area (Å²) in [5, 5.41) is 20.4. The van der Waals surface area contributed by atoms with Crippen LogP contribution < -0.4 is 5.43 Å². The van der Waals surface area contributed by atoms with E-state index >= 15 is 0 Å². The maximum atomic E-state index is 11.7. The predicted octanol–water partition coefficient (Wildman–Crippen LogP) is 2.79. The molecular formula is C16H13F3N2O4. The molecular weight excluding hydrogens is 341 g/mol. The monoisotopic (exact) mass is 354 g/mol. The highest BCUT2D eigenvalue weighted by atomic mass is 19.4. The molecule has 0 fully saturated rings. The van der Waals surface area contributed by atoms with Gasteiger partial charge in [0.25, 0.3) is 5.91 Å². The molecule has 0 aliphatic rings. The van der Waals surface area contributed by atoms with Crippen molar-refractivity contribution >= 4 is 18.1 Å². The average molecular weight is 354 g/mol. The van der Waals surface area contributed by atoms with Crippen molar-refractivity contribution in [1.82, 2.24) is 5.43 Å². The molecule has 9 heteroatoms. The second-order valence-corrected chi connectivity index (χ2v) is 4.43. The molecule has 0 heterocycles. The summed E-state index contributed by atoms with van der Waals surface area (Å²) in [5.74, 6) is -3.27. The van der Waals surface area contributed by atoms with Gasteiger partial charge in [0, 0.05) is 0 Å². The minimum atomic E-state index is -5.08. The fourth-order valence-corrected chi connectivity index (χ4v) is 1.43. The summed E-state index contributed by atoms with van der Waals surface area (Å²) in [5.41, 5.74) is 3.44. The molecule has 0 radical (unpaired) electrons. The lowest BCUT2D eigenvalue weighted by Crippen LogP contribution is -2.21. The van der Waals surface area contributed by atoms with Gasteiger partial charge in [-0.1, -0.05) is 42.5 Å². The van der Waals surface area contributed by atoms with E-state index < -0.39 is 18.1 Å². The minimum Gasteiger partial charge on any atom is -0.507 e. The van der Waals surface area contributed by atoms with Crippen molar-refractivity contribution in [2.45, 2.75) is 6.18 Å². The number of aromatic hydroxyl groups is 1. The molecule has 0 saturated heterocycles. The number of benzene rings is 2. The van der Waals surface area contributed by atoms with Crippen LogP contribution in [0.15, 0.2) is 59.7 Å². The topological polar surface area (TPSA) is 99.0 Å². The number of hydrogen-bond acceptors (Lipinski definition) is 4. The Morgan fingerprint density at radius 1 is 1.00 bits per heavy atom. The number of nitrogens with zero attached hydrogens (tertiary/aromatic N) is 1. The van der Waals surface area contributed by atoms with Gasteiger partial charge in [0.05, 0.1) is 11.8 Å². The number of carboxylic acids is 1. The highest BCUT2D eigenvalue weighted by Gasteiger charge is 2.38. The summed E-state index contributed by atoms with van der Waals surface area (Å²) >= 11 is 0. The van der Waals surface area contributed by atoms with Gasteiger partial charge < -0.3 is 10.2 Å². The van der Waals surface area contributed by atoms with E-state index in [0.29, 0.717) is 0 Å². The fraction of sp³-hybridized carbons (Fsp3) is 0.0625. The van der Waals surface area contributed by atoms with Crippen LogP contribution in [0.25, 0.3) is 0 Å². The van der Waals surface area contributed by atoms with Crippen LogP contribution in [0.2, 0.25) is 0 Å². The number of carbonyl (C=O) groups excluding carboxylic acids is 1. The lowest BCUT2D eigenvalue weighted by atomic mass is 10.2. The molecule has 0 bridgehead atoms. The van der Waals surface area contributed by atoms with E-state index in [1.54, 1.807) is 12.1 Å². The quantitative estimate of drug-likeness (QED) is 0.583.